The van der Waals surface area contributed by atoms with Crippen LogP contribution in [0.4, 0.5) is 5.00 Å². The number of rotatable bonds is 3. The van der Waals surface area contributed by atoms with Crippen molar-refractivity contribution in [1.82, 2.24) is 0 Å². The maximum Gasteiger partial charge on any atom is 0.236 e. The van der Waals surface area contributed by atoms with E-state index in [0.717, 1.165) is 5.00 Å². The molecular formula is C10H10N2OS. The zero-order chi connectivity index (χ0) is 9.97. The van der Waals surface area contributed by atoms with Gasteiger partial charge in [-0.05, 0) is 17.5 Å². The van der Waals surface area contributed by atoms with Gasteiger partial charge in [-0.3, -0.25) is 4.79 Å². The minimum Gasteiger partial charge on any atom is -0.368 e. The van der Waals surface area contributed by atoms with E-state index in [-0.39, 0.29) is 12.5 Å². The molecule has 2 aromatic rings. The van der Waals surface area contributed by atoms with Gasteiger partial charge in [0, 0.05) is 4.70 Å². The Morgan fingerprint density at radius 1 is 1.43 bits per heavy atom. The number of fused-ring (bicyclic) bond motifs is 1. The molecule has 2 rings (SSSR count). The van der Waals surface area contributed by atoms with Crippen molar-refractivity contribution in [1.29, 1.82) is 0 Å². The first kappa shape index (κ1) is 9.02. The van der Waals surface area contributed by atoms with Gasteiger partial charge in [0.05, 0.1) is 11.5 Å². The number of nitrogens with two attached hydrogens (primary N) is 1. The van der Waals surface area contributed by atoms with E-state index in [0.29, 0.717) is 0 Å². The Labute approximate surface area is 85.5 Å². The number of hydrogen-bond donors (Lipinski definition) is 2. The van der Waals surface area contributed by atoms with Gasteiger partial charge in [0.15, 0.2) is 0 Å². The fourth-order valence-corrected chi connectivity index (χ4v) is 2.20. The Bertz CT molecular complexity index is 431. The molecule has 72 valence electrons. The van der Waals surface area contributed by atoms with Crippen molar-refractivity contribution in [2.75, 3.05) is 11.9 Å². The first-order valence-electron chi connectivity index (χ1n) is 4.26. The smallest absolute Gasteiger partial charge is 0.236 e. The average Bonchev–Trinajstić information content (AvgIpc) is 2.57. The number of benzene rings is 1. The van der Waals surface area contributed by atoms with Crippen molar-refractivity contribution >= 4 is 32.3 Å². The molecule has 14 heavy (non-hydrogen) atoms. The van der Waals surface area contributed by atoms with Crippen molar-refractivity contribution in [3.8, 4) is 0 Å². The maximum atomic E-state index is 10.6. The van der Waals surface area contributed by atoms with Crippen LogP contribution in [-0.2, 0) is 4.79 Å². The lowest BCUT2D eigenvalue weighted by Crippen LogP contribution is -2.21. The summed E-state index contributed by atoms with van der Waals surface area (Å²) in [4.78, 5) is 10.6. The van der Waals surface area contributed by atoms with Gasteiger partial charge in [-0.1, -0.05) is 18.2 Å². The third-order valence-corrected chi connectivity index (χ3v) is 2.94. The van der Waals surface area contributed by atoms with E-state index in [1.807, 2.05) is 24.3 Å². The summed E-state index contributed by atoms with van der Waals surface area (Å²) in [7, 11) is 0. The summed E-state index contributed by atoms with van der Waals surface area (Å²) in [6.07, 6.45) is 0. The SMILES string of the molecule is NC(=O)CNc1cc2ccccc2s1. The lowest BCUT2D eigenvalue weighted by Gasteiger charge is -1.96. The zero-order valence-electron chi connectivity index (χ0n) is 7.49. The first-order valence-corrected chi connectivity index (χ1v) is 5.08. The molecule has 1 aromatic carbocycles. The molecule has 0 aliphatic rings. The molecule has 0 aliphatic carbocycles. The van der Waals surface area contributed by atoms with Crippen LogP contribution in [0.2, 0.25) is 0 Å². The molecule has 1 heterocycles. The number of nitrogens with one attached hydrogen (secondary N) is 1. The molecule has 0 radical (unpaired) electrons. The number of hydrogen-bond acceptors (Lipinski definition) is 3. The molecule has 0 spiro atoms. The predicted octanol–water partition coefficient (Wildman–Crippen LogP) is 1.80. The summed E-state index contributed by atoms with van der Waals surface area (Å²) >= 11 is 1.62. The number of primary amides is 1. The minimum absolute atomic E-state index is 0.187. The van der Waals surface area contributed by atoms with E-state index in [9.17, 15) is 4.79 Å². The third-order valence-electron chi connectivity index (χ3n) is 1.86. The quantitative estimate of drug-likeness (QED) is 0.804. The number of carbonyl (C=O) groups is 1. The second-order valence-electron chi connectivity index (χ2n) is 2.97. The Morgan fingerprint density at radius 3 is 2.93 bits per heavy atom. The summed E-state index contributed by atoms with van der Waals surface area (Å²) < 4.78 is 1.21. The Kier molecular flexibility index (Phi) is 2.37. The summed E-state index contributed by atoms with van der Waals surface area (Å²) in [5, 5.41) is 5.14. The molecule has 4 heteroatoms. The highest BCUT2D eigenvalue weighted by Gasteiger charge is 2.00. The molecule has 0 atom stereocenters. The molecule has 0 bridgehead atoms. The fraction of sp³-hybridized carbons (Fsp3) is 0.100. The largest absolute Gasteiger partial charge is 0.368 e. The van der Waals surface area contributed by atoms with Gasteiger partial charge in [0.25, 0.3) is 0 Å². The summed E-state index contributed by atoms with van der Waals surface area (Å²) in [6, 6.07) is 10.1. The van der Waals surface area contributed by atoms with Gasteiger partial charge in [0.1, 0.15) is 0 Å². The first-order chi connectivity index (χ1) is 6.75. The van der Waals surface area contributed by atoms with E-state index >= 15 is 0 Å². The maximum absolute atomic E-state index is 10.6. The molecular weight excluding hydrogens is 196 g/mol. The molecule has 1 amide bonds. The molecule has 0 saturated carbocycles. The van der Waals surface area contributed by atoms with Crippen LogP contribution in [0, 0.1) is 0 Å². The van der Waals surface area contributed by atoms with Gasteiger partial charge < -0.3 is 11.1 Å². The Hall–Kier alpha value is -1.55. The van der Waals surface area contributed by atoms with Gasteiger partial charge in [0.2, 0.25) is 5.91 Å². The minimum atomic E-state index is -0.345. The van der Waals surface area contributed by atoms with Crippen molar-refractivity contribution in [2.45, 2.75) is 0 Å². The third kappa shape index (κ3) is 1.85. The molecule has 0 unspecified atom stereocenters. The van der Waals surface area contributed by atoms with E-state index in [4.69, 9.17) is 5.73 Å². The molecule has 0 fully saturated rings. The van der Waals surface area contributed by atoms with Crippen molar-refractivity contribution < 1.29 is 4.79 Å². The van der Waals surface area contributed by atoms with E-state index in [2.05, 4.69) is 11.4 Å². The highest BCUT2D eigenvalue weighted by Crippen LogP contribution is 2.28. The summed E-state index contributed by atoms with van der Waals surface area (Å²) in [6.45, 7) is 0.187. The highest BCUT2D eigenvalue weighted by molar-refractivity contribution is 7.22. The van der Waals surface area contributed by atoms with E-state index in [1.165, 1.54) is 10.1 Å². The molecule has 3 nitrogen and oxygen atoms in total. The Morgan fingerprint density at radius 2 is 2.21 bits per heavy atom. The van der Waals surface area contributed by atoms with Gasteiger partial charge in [-0.25, -0.2) is 0 Å². The van der Waals surface area contributed by atoms with Gasteiger partial charge in [-0.2, -0.15) is 0 Å². The van der Waals surface area contributed by atoms with Crippen LogP contribution >= 0.6 is 11.3 Å². The summed E-state index contributed by atoms with van der Waals surface area (Å²) in [5.74, 6) is -0.345. The predicted molar refractivity (Wildman–Crippen MR) is 59.5 cm³/mol. The van der Waals surface area contributed by atoms with Crippen LogP contribution in [0.25, 0.3) is 10.1 Å². The van der Waals surface area contributed by atoms with Gasteiger partial charge in [-0.15, -0.1) is 11.3 Å². The van der Waals surface area contributed by atoms with Crippen LogP contribution < -0.4 is 11.1 Å². The molecule has 3 N–H and O–H groups in total. The van der Waals surface area contributed by atoms with Crippen LogP contribution in [0.3, 0.4) is 0 Å². The van der Waals surface area contributed by atoms with Crippen molar-refractivity contribution in [3.63, 3.8) is 0 Å². The second-order valence-corrected chi connectivity index (χ2v) is 4.05. The molecule has 0 saturated heterocycles. The molecule has 0 aliphatic heterocycles. The van der Waals surface area contributed by atoms with Crippen LogP contribution in [-0.4, -0.2) is 12.5 Å². The van der Waals surface area contributed by atoms with Gasteiger partial charge >= 0.3 is 0 Å². The average molecular weight is 206 g/mol. The number of thiophene rings is 1. The van der Waals surface area contributed by atoms with E-state index < -0.39 is 0 Å². The van der Waals surface area contributed by atoms with Crippen molar-refractivity contribution in [3.05, 3.63) is 30.3 Å². The second kappa shape index (κ2) is 3.67. The fourth-order valence-electron chi connectivity index (χ4n) is 1.24. The topological polar surface area (TPSA) is 55.1 Å². The van der Waals surface area contributed by atoms with Crippen LogP contribution in [0.1, 0.15) is 0 Å². The monoisotopic (exact) mass is 206 g/mol. The molecule has 1 aromatic heterocycles. The zero-order valence-corrected chi connectivity index (χ0v) is 8.30. The normalized spacial score (nSPS) is 10.3. The summed E-state index contributed by atoms with van der Waals surface area (Å²) in [5.41, 5.74) is 5.04. The Balaban J connectivity index is 2.22. The number of anilines is 1. The van der Waals surface area contributed by atoms with E-state index in [1.54, 1.807) is 11.3 Å². The van der Waals surface area contributed by atoms with Crippen LogP contribution in [0.5, 0.6) is 0 Å². The number of carbonyl (C=O) groups excluding carboxylic acids is 1. The van der Waals surface area contributed by atoms with Crippen molar-refractivity contribution in [2.24, 2.45) is 5.73 Å². The standard InChI is InChI=1S/C10H10N2OS/c11-9(13)6-12-10-5-7-3-1-2-4-8(7)14-10/h1-5,12H,6H2,(H2,11,13). The van der Waals surface area contributed by atoms with Crippen LogP contribution in [0.15, 0.2) is 30.3 Å². The lowest BCUT2D eigenvalue weighted by atomic mass is 10.3. The lowest BCUT2D eigenvalue weighted by molar-refractivity contribution is -0.116. The highest BCUT2D eigenvalue weighted by atomic mass is 32.1. The number of amides is 1.